The number of hydrogen-bond acceptors (Lipinski definition) is 5. The molecule has 1 N–H and O–H groups in total. The SMILES string of the molecule is C=C(CNC(C)C)CSc1nnnn1C1CCCC1. The fourth-order valence-corrected chi connectivity index (χ4v) is 3.07. The lowest BCUT2D eigenvalue weighted by Crippen LogP contribution is -2.25. The molecule has 1 aromatic heterocycles. The first-order chi connectivity index (χ1) is 9.16. The van der Waals surface area contributed by atoms with Crippen molar-refractivity contribution in [2.75, 3.05) is 12.3 Å². The van der Waals surface area contributed by atoms with Crippen molar-refractivity contribution >= 4 is 11.8 Å². The van der Waals surface area contributed by atoms with Crippen molar-refractivity contribution in [3.05, 3.63) is 12.2 Å². The van der Waals surface area contributed by atoms with E-state index in [2.05, 4.69) is 41.3 Å². The van der Waals surface area contributed by atoms with Crippen LogP contribution in [0, 0.1) is 0 Å². The third-order valence-electron chi connectivity index (χ3n) is 3.30. The van der Waals surface area contributed by atoms with Gasteiger partial charge in [0, 0.05) is 18.3 Å². The molecule has 0 aliphatic heterocycles. The van der Waals surface area contributed by atoms with Crippen LogP contribution in [0.5, 0.6) is 0 Å². The number of nitrogens with one attached hydrogen (secondary N) is 1. The summed E-state index contributed by atoms with van der Waals surface area (Å²) in [5, 5.41) is 16.4. The molecule has 1 saturated carbocycles. The van der Waals surface area contributed by atoms with Gasteiger partial charge in [-0.05, 0) is 23.3 Å². The second-order valence-electron chi connectivity index (χ2n) is 5.42. The smallest absolute Gasteiger partial charge is 0.209 e. The van der Waals surface area contributed by atoms with Gasteiger partial charge < -0.3 is 5.32 Å². The van der Waals surface area contributed by atoms with Crippen molar-refractivity contribution in [3.63, 3.8) is 0 Å². The van der Waals surface area contributed by atoms with Crippen LogP contribution in [-0.2, 0) is 0 Å². The Morgan fingerprint density at radius 3 is 2.89 bits per heavy atom. The highest BCUT2D eigenvalue weighted by Crippen LogP contribution is 2.31. The van der Waals surface area contributed by atoms with Crippen LogP contribution >= 0.6 is 11.8 Å². The van der Waals surface area contributed by atoms with Crippen molar-refractivity contribution < 1.29 is 0 Å². The number of hydrogen-bond donors (Lipinski definition) is 1. The van der Waals surface area contributed by atoms with E-state index in [1.54, 1.807) is 11.8 Å². The van der Waals surface area contributed by atoms with Gasteiger partial charge in [0.05, 0.1) is 6.04 Å². The normalized spacial score (nSPS) is 16.4. The van der Waals surface area contributed by atoms with Gasteiger partial charge in [-0.3, -0.25) is 0 Å². The Hall–Kier alpha value is -0.880. The summed E-state index contributed by atoms with van der Waals surface area (Å²) in [4.78, 5) is 0. The molecule has 0 radical (unpaired) electrons. The van der Waals surface area contributed by atoms with Gasteiger partial charge in [0.2, 0.25) is 5.16 Å². The van der Waals surface area contributed by atoms with Crippen LogP contribution in [0.4, 0.5) is 0 Å². The van der Waals surface area contributed by atoms with Gasteiger partial charge >= 0.3 is 0 Å². The predicted molar refractivity (Wildman–Crippen MR) is 78.3 cm³/mol. The lowest BCUT2D eigenvalue weighted by atomic mass is 10.3. The van der Waals surface area contributed by atoms with Crippen LogP contribution in [0.1, 0.15) is 45.6 Å². The number of thioether (sulfide) groups is 1. The molecule has 2 rings (SSSR count). The molecule has 106 valence electrons. The summed E-state index contributed by atoms with van der Waals surface area (Å²) < 4.78 is 2.00. The third-order valence-corrected chi connectivity index (χ3v) is 4.38. The Morgan fingerprint density at radius 2 is 2.21 bits per heavy atom. The molecular formula is C13H23N5S. The number of rotatable bonds is 7. The van der Waals surface area contributed by atoms with E-state index in [0.717, 1.165) is 17.5 Å². The van der Waals surface area contributed by atoms with Crippen molar-refractivity contribution in [3.8, 4) is 0 Å². The van der Waals surface area contributed by atoms with E-state index < -0.39 is 0 Å². The molecule has 0 saturated heterocycles. The van der Waals surface area contributed by atoms with Crippen molar-refractivity contribution in [1.82, 2.24) is 25.5 Å². The summed E-state index contributed by atoms with van der Waals surface area (Å²) in [6.07, 6.45) is 4.99. The van der Waals surface area contributed by atoms with E-state index in [1.165, 1.54) is 31.3 Å². The van der Waals surface area contributed by atoms with Crippen LogP contribution in [0.15, 0.2) is 17.3 Å². The van der Waals surface area contributed by atoms with Gasteiger partial charge in [-0.25, -0.2) is 4.68 Å². The molecule has 6 heteroatoms. The first kappa shape index (κ1) is 14.5. The fraction of sp³-hybridized carbons (Fsp3) is 0.769. The van der Waals surface area contributed by atoms with Gasteiger partial charge in [-0.2, -0.15) is 0 Å². The highest BCUT2D eigenvalue weighted by molar-refractivity contribution is 7.99. The lowest BCUT2D eigenvalue weighted by molar-refractivity contribution is 0.423. The first-order valence-corrected chi connectivity index (χ1v) is 7.96. The lowest BCUT2D eigenvalue weighted by Gasteiger charge is -2.12. The van der Waals surface area contributed by atoms with Crippen LogP contribution in [0.3, 0.4) is 0 Å². The number of aromatic nitrogens is 4. The fourth-order valence-electron chi connectivity index (χ4n) is 2.22. The van der Waals surface area contributed by atoms with Crippen LogP contribution in [0.2, 0.25) is 0 Å². The Morgan fingerprint density at radius 1 is 1.47 bits per heavy atom. The Labute approximate surface area is 119 Å². The van der Waals surface area contributed by atoms with E-state index in [-0.39, 0.29) is 0 Å². The van der Waals surface area contributed by atoms with E-state index in [4.69, 9.17) is 0 Å². The molecule has 0 spiro atoms. The molecule has 1 aliphatic carbocycles. The molecule has 1 heterocycles. The summed E-state index contributed by atoms with van der Waals surface area (Å²) in [5.74, 6) is 0.868. The standard InChI is InChI=1S/C13H23N5S/c1-10(2)14-8-11(3)9-19-13-15-16-17-18(13)12-6-4-5-7-12/h10,12,14H,3-9H2,1-2H3. The molecule has 0 unspecified atom stereocenters. The first-order valence-electron chi connectivity index (χ1n) is 6.97. The highest BCUT2D eigenvalue weighted by atomic mass is 32.2. The second kappa shape index (κ2) is 7.05. The van der Waals surface area contributed by atoms with Crippen LogP contribution in [0.25, 0.3) is 0 Å². The maximum Gasteiger partial charge on any atom is 0.209 e. The van der Waals surface area contributed by atoms with E-state index in [0.29, 0.717) is 12.1 Å². The predicted octanol–water partition coefficient (Wildman–Crippen LogP) is 2.43. The molecule has 5 nitrogen and oxygen atoms in total. The molecular weight excluding hydrogens is 258 g/mol. The average molecular weight is 281 g/mol. The zero-order chi connectivity index (χ0) is 13.7. The summed E-state index contributed by atoms with van der Waals surface area (Å²) in [6.45, 7) is 9.23. The topological polar surface area (TPSA) is 55.6 Å². The third kappa shape index (κ3) is 4.31. The maximum absolute atomic E-state index is 4.14. The van der Waals surface area contributed by atoms with Crippen molar-refractivity contribution in [2.45, 2.75) is 56.8 Å². The van der Waals surface area contributed by atoms with Gasteiger partial charge in [-0.1, -0.05) is 50.6 Å². The van der Waals surface area contributed by atoms with Crippen LogP contribution in [-0.4, -0.2) is 38.5 Å². The summed E-state index contributed by atoms with van der Waals surface area (Å²) in [7, 11) is 0. The van der Waals surface area contributed by atoms with Crippen LogP contribution < -0.4 is 5.32 Å². The highest BCUT2D eigenvalue weighted by Gasteiger charge is 2.21. The second-order valence-corrected chi connectivity index (χ2v) is 6.36. The van der Waals surface area contributed by atoms with Crippen molar-refractivity contribution in [2.24, 2.45) is 0 Å². The zero-order valence-corrected chi connectivity index (χ0v) is 12.6. The van der Waals surface area contributed by atoms with Gasteiger partial charge in [0.25, 0.3) is 0 Å². The molecule has 0 aromatic carbocycles. The van der Waals surface area contributed by atoms with E-state index in [9.17, 15) is 0 Å². The minimum atomic E-state index is 0.491. The average Bonchev–Trinajstić information content (AvgIpc) is 3.03. The van der Waals surface area contributed by atoms with Gasteiger partial charge in [-0.15, -0.1) is 5.10 Å². The monoisotopic (exact) mass is 281 g/mol. The maximum atomic E-state index is 4.14. The number of tetrazole rings is 1. The number of nitrogens with zero attached hydrogens (tertiary/aromatic N) is 4. The largest absolute Gasteiger partial charge is 0.311 e. The Balaban J connectivity index is 1.82. The molecule has 1 fully saturated rings. The minimum Gasteiger partial charge on any atom is -0.311 e. The molecule has 19 heavy (non-hydrogen) atoms. The quantitative estimate of drug-likeness (QED) is 0.614. The zero-order valence-electron chi connectivity index (χ0n) is 11.8. The Bertz CT molecular complexity index is 409. The molecule has 0 amide bonds. The van der Waals surface area contributed by atoms with Crippen molar-refractivity contribution in [1.29, 1.82) is 0 Å². The van der Waals surface area contributed by atoms with Gasteiger partial charge in [0.15, 0.2) is 0 Å². The molecule has 1 aliphatic rings. The van der Waals surface area contributed by atoms with E-state index in [1.807, 2.05) is 4.68 Å². The minimum absolute atomic E-state index is 0.491. The summed E-state index contributed by atoms with van der Waals surface area (Å²) >= 11 is 1.69. The molecule has 0 atom stereocenters. The molecule has 1 aromatic rings. The summed E-state index contributed by atoms with van der Waals surface area (Å²) in [6, 6.07) is 0.991. The summed E-state index contributed by atoms with van der Waals surface area (Å²) in [5.41, 5.74) is 1.18. The van der Waals surface area contributed by atoms with Gasteiger partial charge in [0.1, 0.15) is 0 Å². The Kier molecular flexibility index (Phi) is 5.39. The van der Waals surface area contributed by atoms with E-state index >= 15 is 0 Å². The molecule has 0 bridgehead atoms.